The number of aromatic carboxylic acids is 1. The van der Waals surface area contributed by atoms with Gasteiger partial charge in [0.15, 0.2) is 5.78 Å². The molecule has 0 amide bonds. The maximum absolute atomic E-state index is 12.8. The van der Waals surface area contributed by atoms with Gasteiger partial charge in [-0.3, -0.25) is 9.78 Å². The summed E-state index contributed by atoms with van der Waals surface area (Å²) < 4.78 is 1.73. The predicted molar refractivity (Wildman–Crippen MR) is 115 cm³/mol. The molecule has 1 aliphatic carbocycles. The van der Waals surface area contributed by atoms with E-state index in [9.17, 15) is 14.7 Å². The Labute approximate surface area is 182 Å². The van der Waals surface area contributed by atoms with Gasteiger partial charge in [0, 0.05) is 29.6 Å². The summed E-state index contributed by atoms with van der Waals surface area (Å²) in [6.45, 7) is 0. The quantitative estimate of drug-likeness (QED) is 0.586. The molecule has 8 nitrogen and oxygen atoms in total. The van der Waals surface area contributed by atoms with E-state index in [4.69, 9.17) is 0 Å². The van der Waals surface area contributed by atoms with Crippen molar-refractivity contribution in [1.82, 2.24) is 19.7 Å². The van der Waals surface area contributed by atoms with Crippen molar-refractivity contribution in [2.24, 2.45) is 0 Å². The van der Waals surface area contributed by atoms with Gasteiger partial charge >= 0.3 is 5.97 Å². The van der Waals surface area contributed by atoms with Gasteiger partial charge in [-0.1, -0.05) is 30.0 Å². The molecule has 0 fully saturated rings. The maximum atomic E-state index is 12.8. The Bertz CT molecular complexity index is 1190. The molecule has 9 heteroatoms. The number of aromatic nitrogens is 4. The van der Waals surface area contributed by atoms with E-state index in [1.165, 1.54) is 11.8 Å². The second-order valence-corrected chi connectivity index (χ2v) is 8.34. The second kappa shape index (κ2) is 7.99. The molecule has 2 N–H and O–H groups in total. The summed E-state index contributed by atoms with van der Waals surface area (Å²) in [5, 5.41) is 17.8. The fourth-order valence-corrected chi connectivity index (χ4v) is 4.68. The zero-order chi connectivity index (χ0) is 21.4. The highest BCUT2D eigenvalue weighted by atomic mass is 32.2. The number of allylic oxidation sites excluding steroid dienone is 2. The van der Waals surface area contributed by atoms with Gasteiger partial charge in [0.25, 0.3) is 0 Å². The molecule has 0 saturated heterocycles. The molecule has 0 unspecified atom stereocenters. The summed E-state index contributed by atoms with van der Waals surface area (Å²) >= 11 is 1.48. The van der Waals surface area contributed by atoms with E-state index < -0.39 is 12.0 Å². The van der Waals surface area contributed by atoms with Crippen LogP contribution in [0, 0.1) is 0 Å². The van der Waals surface area contributed by atoms with Crippen molar-refractivity contribution in [3.63, 3.8) is 0 Å². The Balaban J connectivity index is 1.51. The Kier molecular flexibility index (Phi) is 5.03. The number of carboxylic acids is 1. The lowest BCUT2D eigenvalue weighted by molar-refractivity contribution is -0.116. The first-order chi connectivity index (χ1) is 15.1. The number of pyridine rings is 1. The number of hydrogen-bond donors (Lipinski definition) is 2. The first-order valence-corrected chi connectivity index (χ1v) is 10.9. The van der Waals surface area contributed by atoms with E-state index in [1.807, 2.05) is 18.2 Å². The fraction of sp³-hybridized carbons (Fsp3) is 0.227. The molecular formula is C22H19N5O3S. The molecule has 3 heterocycles. The number of Topliss-reactive ketones (excluding diaryl/α,β-unsaturated/α-hetero) is 1. The van der Waals surface area contributed by atoms with E-state index in [0.29, 0.717) is 28.9 Å². The summed E-state index contributed by atoms with van der Waals surface area (Å²) in [5.41, 5.74) is 3.51. The standard InChI is InChI=1S/C22H19N5O3S/c28-17-6-3-5-16-18(17)19(13-7-9-14(10-8-13)20(29)30)27-21(24-16)25-22(26-27)31-12-15-4-1-2-11-23-15/h1-2,4,7-11,19H,3,5-6,12H2,(H,29,30)(H,24,25,26)/t19-/m1/s1. The van der Waals surface area contributed by atoms with Crippen LogP contribution in [0.5, 0.6) is 0 Å². The Morgan fingerprint density at radius 2 is 2.03 bits per heavy atom. The number of nitrogens with one attached hydrogen (secondary N) is 1. The molecule has 2 aromatic heterocycles. The van der Waals surface area contributed by atoms with E-state index in [-0.39, 0.29) is 11.3 Å². The zero-order valence-corrected chi connectivity index (χ0v) is 17.3. The van der Waals surface area contributed by atoms with Crippen LogP contribution in [0.1, 0.15) is 46.9 Å². The number of rotatable bonds is 5. The molecule has 5 rings (SSSR count). The van der Waals surface area contributed by atoms with Crippen LogP contribution >= 0.6 is 11.8 Å². The van der Waals surface area contributed by atoms with E-state index in [0.717, 1.165) is 29.8 Å². The monoisotopic (exact) mass is 433 g/mol. The number of carboxylic acid groups (broad SMARTS) is 1. The van der Waals surface area contributed by atoms with Gasteiger partial charge in [0.05, 0.1) is 11.3 Å². The average molecular weight is 433 g/mol. The SMILES string of the molecule is O=C1CCCC2=C1[C@@H](c1ccc(C(=O)O)cc1)n1nc(SCc3ccccn3)nc1N2. The summed E-state index contributed by atoms with van der Waals surface area (Å²) in [5.74, 6) is 0.322. The maximum Gasteiger partial charge on any atom is 0.335 e. The van der Waals surface area contributed by atoms with Crippen LogP contribution in [0.25, 0.3) is 0 Å². The number of ketones is 1. The van der Waals surface area contributed by atoms with Crippen molar-refractivity contribution in [3.8, 4) is 0 Å². The average Bonchev–Trinajstić information content (AvgIpc) is 3.20. The van der Waals surface area contributed by atoms with Gasteiger partial charge in [0.2, 0.25) is 11.1 Å². The third kappa shape index (κ3) is 3.72. The minimum absolute atomic E-state index is 0.0879. The van der Waals surface area contributed by atoms with Gasteiger partial charge < -0.3 is 10.4 Å². The third-order valence-corrected chi connectivity index (χ3v) is 6.27. The van der Waals surface area contributed by atoms with Gasteiger partial charge in [-0.05, 0) is 42.7 Å². The molecule has 1 aliphatic heterocycles. The van der Waals surface area contributed by atoms with E-state index >= 15 is 0 Å². The van der Waals surface area contributed by atoms with Crippen LogP contribution in [0.3, 0.4) is 0 Å². The number of carbonyl (C=O) groups is 2. The molecule has 0 bridgehead atoms. The second-order valence-electron chi connectivity index (χ2n) is 7.40. The number of fused-ring (bicyclic) bond motifs is 1. The van der Waals surface area contributed by atoms with Crippen LogP contribution in [0.2, 0.25) is 0 Å². The minimum Gasteiger partial charge on any atom is -0.478 e. The molecule has 1 atom stereocenters. The normalized spacial score (nSPS) is 17.7. The lowest BCUT2D eigenvalue weighted by Gasteiger charge is -2.32. The molecule has 2 aliphatic rings. The van der Waals surface area contributed by atoms with Crippen LogP contribution in [0.15, 0.2) is 65.1 Å². The van der Waals surface area contributed by atoms with Gasteiger partial charge in [0.1, 0.15) is 6.04 Å². The summed E-state index contributed by atoms with van der Waals surface area (Å²) in [6.07, 6.45) is 3.82. The Morgan fingerprint density at radius 1 is 1.19 bits per heavy atom. The lowest BCUT2D eigenvalue weighted by Crippen LogP contribution is -2.31. The summed E-state index contributed by atoms with van der Waals surface area (Å²) in [7, 11) is 0. The number of thioether (sulfide) groups is 1. The summed E-state index contributed by atoms with van der Waals surface area (Å²) in [4.78, 5) is 33.1. The molecule has 0 saturated carbocycles. The van der Waals surface area contributed by atoms with Crippen LogP contribution in [-0.2, 0) is 10.5 Å². The molecular weight excluding hydrogens is 414 g/mol. The first-order valence-electron chi connectivity index (χ1n) is 9.96. The first kappa shape index (κ1) is 19.5. The van der Waals surface area contributed by atoms with Crippen LogP contribution in [0.4, 0.5) is 5.95 Å². The largest absolute Gasteiger partial charge is 0.478 e. The van der Waals surface area contributed by atoms with Crippen molar-refractivity contribution < 1.29 is 14.7 Å². The highest BCUT2D eigenvalue weighted by Crippen LogP contribution is 2.40. The van der Waals surface area contributed by atoms with Gasteiger partial charge in [-0.2, -0.15) is 4.98 Å². The van der Waals surface area contributed by atoms with E-state index in [2.05, 4.69) is 20.4 Å². The zero-order valence-electron chi connectivity index (χ0n) is 16.5. The highest BCUT2D eigenvalue weighted by molar-refractivity contribution is 7.98. The summed E-state index contributed by atoms with van der Waals surface area (Å²) in [6, 6.07) is 11.9. The van der Waals surface area contributed by atoms with Crippen molar-refractivity contribution in [2.45, 2.75) is 36.2 Å². The van der Waals surface area contributed by atoms with Crippen molar-refractivity contribution in [3.05, 3.63) is 76.8 Å². The molecule has 0 spiro atoms. The fourth-order valence-electron chi connectivity index (χ4n) is 3.94. The van der Waals surface area contributed by atoms with Gasteiger partial charge in [-0.15, -0.1) is 5.10 Å². The smallest absolute Gasteiger partial charge is 0.335 e. The molecule has 156 valence electrons. The lowest BCUT2D eigenvalue weighted by atomic mass is 9.85. The van der Waals surface area contributed by atoms with Gasteiger partial charge in [-0.25, -0.2) is 9.48 Å². The van der Waals surface area contributed by atoms with Crippen molar-refractivity contribution in [1.29, 1.82) is 0 Å². The topological polar surface area (TPSA) is 110 Å². The number of hydrogen-bond acceptors (Lipinski definition) is 7. The third-order valence-electron chi connectivity index (χ3n) is 5.40. The predicted octanol–water partition coefficient (Wildman–Crippen LogP) is 3.69. The Hall–Kier alpha value is -3.46. The number of anilines is 1. The Morgan fingerprint density at radius 3 is 2.77 bits per heavy atom. The highest BCUT2D eigenvalue weighted by Gasteiger charge is 2.36. The number of benzene rings is 1. The molecule has 0 radical (unpaired) electrons. The molecule has 3 aromatic rings. The number of nitrogens with zero attached hydrogens (tertiary/aromatic N) is 4. The van der Waals surface area contributed by atoms with Crippen molar-refractivity contribution >= 4 is 29.5 Å². The van der Waals surface area contributed by atoms with Crippen LogP contribution in [-0.4, -0.2) is 36.6 Å². The van der Waals surface area contributed by atoms with Crippen molar-refractivity contribution in [2.75, 3.05) is 5.32 Å². The minimum atomic E-state index is -0.986. The molecule has 1 aromatic carbocycles. The molecule has 31 heavy (non-hydrogen) atoms. The van der Waals surface area contributed by atoms with E-state index in [1.54, 1.807) is 35.1 Å². The van der Waals surface area contributed by atoms with Crippen LogP contribution < -0.4 is 5.32 Å². The number of carbonyl (C=O) groups excluding carboxylic acids is 1.